The number of nitrogens with zero attached hydrogens (tertiary/aromatic N) is 1. The molecule has 3 heteroatoms. The van der Waals surface area contributed by atoms with Crippen molar-refractivity contribution < 1.29 is 9.53 Å². The maximum Gasteiger partial charge on any atom is 0.165 e. The van der Waals surface area contributed by atoms with Crippen molar-refractivity contribution in [3.05, 3.63) is 71.5 Å². The fourth-order valence-corrected chi connectivity index (χ4v) is 4.30. The molecular weight excluding hydrogens is 334 g/mol. The molecule has 4 rings (SSSR count). The van der Waals surface area contributed by atoms with Crippen molar-refractivity contribution in [1.29, 1.82) is 0 Å². The average Bonchev–Trinajstić information content (AvgIpc) is 2.93. The number of hydrogen-bond donors (Lipinski definition) is 0. The maximum atomic E-state index is 13.2. The Morgan fingerprint density at radius 2 is 1.59 bits per heavy atom. The van der Waals surface area contributed by atoms with Crippen molar-refractivity contribution in [2.24, 2.45) is 5.41 Å². The van der Waals surface area contributed by atoms with Gasteiger partial charge < -0.3 is 9.30 Å². The van der Waals surface area contributed by atoms with Crippen LogP contribution in [0.3, 0.4) is 0 Å². The van der Waals surface area contributed by atoms with E-state index in [9.17, 15) is 4.79 Å². The highest BCUT2D eigenvalue weighted by molar-refractivity contribution is 6.06. The number of para-hydroxylation sites is 1. The van der Waals surface area contributed by atoms with Gasteiger partial charge in [0.2, 0.25) is 0 Å². The van der Waals surface area contributed by atoms with Gasteiger partial charge in [0.1, 0.15) is 5.75 Å². The van der Waals surface area contributed by atoms with Crippen LogP contribution in [0, 0.1) is 12.3 Å². The summed E-state index contributed by atoms with van der Waals surface area (Å²) >= 11 is 0. The van der Waals surface area contributed by atoms with E-state index in [1.807, 2.05) is 42.5 Å². The van der Waals surface area contributed by atoms with Gasteiger partial charge in [-0.05, 0) is 48.6 Å². The van der Waals surface area contributed by atoms with Crippen LogP contribution in [0.4, 0.5) is 0 Å². The number of benzene rings is 2. The first-order chi connectivity index (χ1) is 12.9. The van der Waals surface area contributed by atoms with Crippen LogP contribution in [-0.2, 0) is 6.42 Å². The molecule has 1 heterocycles. The Balaban J connectivity index is 2.00. The summed E-state index contributed by atoms with van der Waals surface area (Å²) in [7, 11) is 1.67. The van der Waals surface area contributed by atoms with E-state index in [1.165, 1.54) is 0 Å². The van der Waals surface area contributed by atoms with Crippen molar-refractivity contribution in [2.75, 3.05) is 7.11 Å². The molecular formula is C24H25NO2. The molecule has 0 amide bonds. The van der Waals surface area contributed by atoms with Crippen LogP contribution in [0.5, 0.6) is 5.75 Å². The summed E-state index contributed by atoms with van der Waals surface area (Å²) in [6.45, 7) is 6.47. The number of ketones is 1. The summed E-state index contributed by atoms with van der Waals surface area (Å²) in [5, 5.41) is 0. The second-order valence-electron chi connectivity index (χ2n) is 8.12. The quantitative estimate of drug-likeness (QED) is 0.608. The van der Waals surface area contributed by atoms with Crippen LogP contribution in [0.2, 0.25) is 0 Å². The van der Waals surface area contributed by atoms with Crippen molar-refractivity contribution in [3.8, 4) is 22.6 Å². The number of ether oxygens (including phenoxy) is 1. The molecule has 1 aliphatic carbocycles. The van der Waals surface area contributed by atoms with Gasteiger partial charge >= 0.3 is 0 Å². The molecule has 0 unspecified atom stereocenters. The second kappa shape index (κ2) is 6.41. The zero-order chi connectivity index (χ0) is 19.2. The van der Waals surface area contributed by atoms with Gasteiger partial charge in [0.05, 0.1) is 7.11 Å². The molecule has 138 valence electrons. The second-order valence-corrected chi connectivity index (χ2v) is 8.12. The lowest BCUT2D eigenvalue weighted by molar-refractivity contribution is 0.0911. The molecule has 1 aliphatic rings. The lowest BCUT2D eigenvalue weighted by atomic mass is 9.75. The molecule has 3 nitrogen and oxygen atoms in total. The highest BCUT2D eigenvalue weighted by Crippen LogP contribution is 2.43. The van der Waals surface area contributed by atoms with Crippen LogP contribution in [-0.4, -0.2) is 17.5 Å². The van der Waals surface area contributed by atoms with Gasteiger partial charge in [-0.1, -0.05) is 44.2 Å². The fraction of sp³-hybridized carbons (Fsp3) is 0.292. The van der Waals surface area contributed by atoms with Gasteiger partial charge in [-0.25, -0.2) is 0 Å². The third kappa shape index (κ3) is 2.97. The lowest BCUT2D eigenvalue weighted by Gasteiger charge is -2.30. The van der Waals surface area contributed by atoms with E-state index in [0.717, 1.165) is 45.9 Å². The highest BCUT2D eigenvalue weighted by atomic mass is 16.5. The smallest absolute Gasteiger partial charge is 0.165 e. The molecule has 3 aromatic rings. The topological polar surface area (TPSA) is 31.2 Å². The normalized spacial score (nSPS) is 15.5. The van der Waals surface area contributed by atoms with Gasteiger partial charge in [0.25, 0.3) is 0 Å². The van der Waals surface area contributed by atoms with Gasteiger partial charge in [0, 0.05) is 34.6 Å². The molecule has 27 heavy (non-hydrogen) atoms. The van der Waals surface area contributed by atoms with E-state index in [1.54, 1.807) is 7.11 Å². The van der Waals surface area contributed by atoms with E-state index < -0.39 is 0 Å². The molecule has 2 aromatic carbocycles. The maximum absolute atomic E-state index is 13.2. The van der Waals surface area contributed by atoms with E-state index in [0.29, 0.717) is 6.42 Å². The molecule has 0 spiro atoms. The Kier molecular flexibility index (Phi) is 4.18. The number of carbonyl (C=O) groups is 1. The minimum absolute atomic E-state index is 0.0292. The fourth-order valence-electron chi connectivity index (χ4n) is 4.30. The number of carbonyl (C=O) groups excluding carboxylic acids is 1. The Hall–Kier alpha value is -2.81. The number of aromatic nitrogens is 1. The first-order valence-corrected chi connectivity index (χ1v) is 9.38. The molecule has 0 saturated carbocycles. The van der Waals surface area contributed by atoms with Crippen molar-refractivity contribution in [2.45, 2.75) is 33.6 Å². The number of hydrogen-bond acceptors (Lipinski definition) is 2. The van der Waals surface area contributed by atoms with Crippen LogP contribution in [0.1, 0.15) is 42.0 Å². The van der Waals surface area contributed by atoms with E-state index in [4.69, 9.17) is 4.74 Å². The van der Waals surface area contributed by atoms with E-state index in [2.05, 4.69) is 37.5 Å². The van der Waals surface area contributed by atoms with E-state index in [-0.39, 0.29) is 11.2 Å². The summed E-state index contributed by atoms with van der Waals surface area (Å²) in [4.78, 5) is 13.2. The summed E-state index contributed by atoms with van der Waals surface area (Å²) in [6, 6.07) is 18.3. The Morgan fingerprint density at radius 3 is 2.22 bits per heavy atom. The zero-order valence-electron chi connectivity index (χ0n) is 16.4. The number of Topliss-reactive ketones (excluding diaryl/α,β-unsaturated/α-hetero) is 1. The highest BCUT2D eigenvalue weighted by Gasteiger charge is 2.37. The number of fused-ring (bicyclic) bond motifs is 1. The SMILES string of the molecule is COc1ccc(-c2c3c(n(-c4ccccc4)c2C)CC(C)(C)CC3=O)cc1. The Morgan fingerprint density at radius 1 is 0.926 bits per heavy atom. The van der Waals surface area contributed by atoms with Crippen LogP contribution in [0.25, 0.3) is 16.8 Å². The molecule has 1 aromatic heterocycles. The predicted molar refractivity (Wildman–Crippen MR) is 109 cm³/mol. The predicted octanol–water partition coefficient (Wildman–Crippen LogP) is 5.62. The Bertz CT molecular complexity index is 995. The van der Waals surface area contributed by atoms with Crippen molar-refractivity contribution in [3.63, 3.8) is 0 Å². The minimum atomic E-state index is -0.0292. The molecule has 0 saturated heterocycles. The molecule has 0 radical (unpaired) electrons. The standard InChI is InChI=1S/C24H25NO2/c1-16-22(17-10-12-19(27-4)13-11-17)23-20(14-24(2,3)15-21(23)26)25(16)18-8-6-5-7-9-18/h5-13H,14-15H2,1-4H3. The van der Waals surface area contributed by atoms with Gasteiger partial charge in [-0.15, -0.1) is 0 Å². The zero-order valence-corrected chi connectivity index (χ0v) is 16.4. The average molecular weight is 359 g/mol. The van der Waals surface area contributed by atoms with Gasteiger partial charge in [0.15, 0.2) is 5.78 Å². The third-order valence-electron chi connectivity index (χ3n) is 5.46. The van der Waals surface area contributed by atoms with Crippen molar-refractivity contribution in [1.82, 2.24) is 4.57 Å². The Labute approximate surface area is 160 Å². The molecule has 0 atom stereocenters. The van der Waals surface area contributed by atoms with E-state index >= 15 is 0 Å². The summed E-state index contributed by atoms with van der Waals surface area (Å²) in [6.07, 6.45) is 1.47. The third-order valence-corrected chi connectivity index (χ3v) is 5.46. The molecule has 0 N–H and O–H groups in total. The largest absolute Gasteiger partial charge is 0.497 e. The molecule has 0 aliphatic heterocycles. The molecule has 0 fully saturated rings. The van der Waals surface area contributed by atoms with Crippen LogP contribution < -0.4 is 4.74 Å². The monoisotopic (exact) mass is 359 g/mol. The minimum Gasteiger partial charge on any atom is -0.497 e. The number of rotatable bonds is 3. The number of methoxy groups -OCH3 is 1. The van der Waals surface area contributed by atoms with Crippen molar-refractivity contribution >= 4 is 5.78 Å². The molecule has 0 bridgehead atoms. The van der Waals surface area contributed by atoms with Crippen LogP contribution in [0.15, 0.2) is 54.6 Å². The summed E-state index contributed by atoms with van der Waals surface area (Å²) < 4.78 is 7.57. The van der Waals surface area contributed by atoms with Crippen LogP contribution >= 0.6 is 0 Å². The lowest BCUT2D eigenvalue weighted by Crippen LogP contribution is -2.28. The first-order valence-electron chi connectivity index (χ1n) is 9.38. The van der Waals surface area contributed by atoms with Gasteiger partial charge in [-0.2, -0.15) is 0 Å². The van der Waals surface area contributed by atoms with Gasteiger partial charge in [-0.3, -0.25) is 4.79 Å². The summed E-state index contributed by atoms with van der Waals surface area (Å²) in [5.41, 5.74) is 6.33. The summed E-state index contributed by atoms with van der Waals surface area (Å²) in [5.74, 6) is 1.06. The first kappa shape index (κ1) is 17.6.